The molecule has 2 unspecified atom stereocenters. The van der Waals surface area contributed by atoms with Gasteiger partial charge in [-0.1, -0.05) is 18.2 Å². The minimum absolute atomic E-state index is 0.152. The molecule has 0 aromatic heterocycles. The molecule has 1 aromatic carbocycles. The van der Waals surface area contributed by atoms with Crippen LogP contribution in [0.25, 0.3) is 0 Å². The second-order valence-corrected chi connectivity index (χ2v) is 7.93. The number of β-amino-alcohol motifs (C(OH)–C–C–N with tert-alkyl or cyclic N) is 1. The Hall–Kier alpha value is -2.29. The number of nitrogens with zero attached hydrogens (tertiary/aromatic N) is 1. The van der Waals surface area contributed by atoms with Crippen LogP contribution in [0.1, 0.15) is 47.2 Å². The summed E-state index contributed by atoms with van der Waals surface area (Å²) in [6.07, 6.45) is 2.04. The third-order valence-corrected chi connectivity index (χ3v) is 5.94. The van der Waals surface area contributed by atoms with Crippen molar-refractivity contribution in [3.8, 4) is 0 Å². The van der Waals surface area contributed by atoms with E-state index in [-0.39, 0.29) is 18.2 Å². The van der Waals surface area contributed by atoms with Gasteiger partial charge in [0.15, 0.2) is 0 Å². The Morgan fingerprint density at radius 2 is 2.14 bits per heavy atom. The van der Waals surface area contributed by atoms with E-state index in [0.717, 1.165) is 24.1 Å². The Balaban J connectivity index is 1.40. The third kappa shape index (κ3) is 3.67. The molecule has 0 radical (unpaired) electrons. The largest absolute Gasteiger partial charge is 0.388 e. The molecule has 3 amide bonds. The fourth-order valence-electron chi connectivity index (χ4n) is 4.33. The van der Waals surface area contributed by atoms with E-state index in [9.17, 15) is 19.5 Å². The van der Waals surface area contributed by atoms with Crippen LogP contribution in [-0.4, -0.2) is 59.0 Å². The van der Waals surface area contributed by atoms with E-state index in [1.807, 2.05) is 18.2 Å². The normalized spacial score (nSPS) is 27.2. The van der Waals surface area contributed by atoms with Crippen molar-refractivity contribution in [2.24, 2.45) is 0 Å². The lowest BCUT2D eigenvalue weighted by atomic mass is 9.99. The average Bonchev–Trinajstić information content (AvgIpc) is 3.24. The van der Waals surface area contributed by atoms with Crippen LogP contribution < -0.4 is 16.0 Å². The number of benzene rings is 1. The summed E-state index contributed by atoms with van der Waals surface area (Å²) in [5, 5.41) is 19.2. The van der Waals surface area contributed by atoms with Crippen LogP contribution in [0, 0.1) is 0 Å². The summed E-state index contributed by atoms with van der Waals surface area (Å²) in [6.45, 7) is 3.04. The maximum atomic E-state index is 13.0. The van der Waals surface area contributed by atoms with Crippen molar-refractivity contribution in [3.05, 3.63) is 34.9 Å². The molecule has 2 atom stereocenters. The van der Waals surface area contributed by atoms with Crippen LogP contribution in [0.4, 0.5) is 0 Å². The molecule has 8 heteroatoms. The lowest BCUT2D eigenvalue weighted by molar-refractivity contribution is -0.136. The van der Waals surface area contributed by atoms with Crippen LogP contribution in [0.5, 0.6) is 0 Å². The Labute approximate surface area is 163 Å². The zero-order valence-electron chi connectivity index (χ0n) is 15.8. The van der Waals surface area contributed by atoms with Gasteiger partial charge in [0.05, 0.1) is 5.60 Å². The molecular weight excluding hydrogens is 360 g/mol. The first-order chi connectivity index (χ1) is 13.5. The third-order valence-electron chi connectivity index (χ3n) is 5.94. The molecule has 0 saturated carbocycles. The van der Waals surface area contributed by atoms with E-state index in [4.69, 9.17) is 0 Å². The number of carbonyl (C=O) groups excluding carboxylic acids is 3. The van der Waals surface area contributed by atoms with Crippen molar-refractivity contribution in [3.63, 3.8) is 0 Å². The summed E-state index contributed by atoms with van der Waals surface area (Å²) in [6, 6.07) is 5.16. The molecule has 0 spiro atoms. The fourth-order valence-corrected chi connectivity index (χ4v) is 4.33. The highest BCUT2D eigenvalue weighted by Crippen LogP contribution is 2.29. The van der Waals surface area contributed by atoms with E-state index in [2.05, 4.69) is 16.0 Å². The van der Waals surface area contributed by atoms with Gasteiger partial charge in [-0.15, -0.1) is 0 Å². The van der Waals surface area contributed by atoms with Gasteiger partial charge < -0.3 is 20.6 Å². The first-order valence-corrected chi connectivity index (χ1v) is 9.86. The number of hydrogen-bond acceptors (Lipinski definition) is 6. The zero-order chi connectivity index (χ0) is 19.7. The zero-order valence-corrected chi connectivity index (χ0v) is 15.8. The SMILES string of the molecule is O=C1CCC(N2Cc3cccc(CNCCC4(O)CCNC4)c3C2=O)C(=O)N1. The number of aliphatic hydroxyl groups is 1. The van der Waals surface area contributed by atoms with Gasteiger partial charge in [-0.05, 0) is 43.5 Å². The van der Waals surface area contributed by atoms with Crippen LogP contribution in [-0.2, 0) is 22.7 Å². The van der Waals surface area contributed by atoms with Gasteiger partial charge >= 0.3 is 0 Å². The molecular formula is C20H26N4O4. The summed E-state index contributed by atoms with van der Waals surface area (Å²) in [4.78, 5) is 38.2. The minimum Gasteiger partial charge on any atom is -0.388 e. The standard InChI is InChI=1S/C20H26N4O4/c25-16-5-4-15(18(26)23-16)24-11-14-3-1-2-13(17(14)19(24)27)10-21-8-6-20(28)7-9-22-12-20/h1-3,15,21-22,28H,4-12H2,(H,23,25,26). The van der Waals surface area contributed by atoms with Crippen molar-refractivity contribution in [2.75, 3.05) is 19.6 Å². The van der Waals surface area contributed by atoms with Crippen LogP contribution in [0.3, 0.4) is 0 Å². The number of carbonyl (C=O) groups is 3. The quantitative estimate of drug-likeness (QED) is 0.393. The van der Waals surface area contributed by atoms with Gasteiger partial charge in [-0.3, -0.25) is 19.7 Å². The monoisotopic (exact) mass is 386 g/mol. The fraction of sp³-hybridized carbons (Fsp3) is 0.550. The highest BCUT2D eigenvalue weighted by Gasteiger charge is 2.40. The lowest BCUT2D eigenvalue weighted by Crippen LogP contribution is -2.52. The molecule has 2 saturated heterocycles. The van der Waals surface area contributed by atoms with Gasteiger partial charge in [-0.2, -0.15) is 0 Å². The molecule has 0 bridgehead atoms. The molecule has 150 valence electrons. The number of piperidine rings is 1. The maximum Gasteiger partial charge on any atom is 0.255 e. The first-order valence-electron chi connectivity index (χ1n) is 9.86. The molecule has 4 rings (SSSR count). The van der Waals surface area contributed by atoms with E-state index in [1.165, 1.54) is 0 Å². The highest BCUT2D eigenvalue weighted by atomic mass is 16.3. The first kappa shape index (κ1) is 19.0. The number of nitrogens with one attached hydrogen (secondary N) is 3. The summed E-state index contributed by atoms with van der Waals surface area (Å²) < 4.78 is 0. The molecule has 8 nitrogen and oxygen atoms in total. The maximum absolute atomic E-state index is 13.0. The summed E-state index contributed by atoms with van der Waals surface area (Å²) in [7, 11) is 0. The van der Waals surface area contributed by atoms with Gasteiger partial charge in [0, 0.05) is 31.6 Å². The van der Waals surface area contributed by atoms with E-state index < -0.39 is 17.6 Å². The number of imide groups is 1. The van der Waals surface area contributed by atoms with E-state index in [0.29, 0.717) is 44.6 Å². The van der Waals surface area contributed by atoms with Crippen LogP contribution >= 0.6 is 0 Å². The van der Waals surface area contributed by atoms with E-state index >= 15 is 0 Å². The lowest BCUT2D eigenvalue weighted by Gasteiger charge is -2.29. The van der Waals surface area contributed by atoms with Gasteiger partial charge in [0.2, 0.25) is 11.8 Å². The van der Waals surface area contributed by atoms with Crippen molar-refractivity contribution < 1.29 is 19.5 Å². The highest BCUT2D eigenvalue weighted by molar-refractivity contribution is 6.05. The van der Waals surface area contributed by atoms with Gasteiger partial charge in [-0.25, -0.2) is 0 Å². The molecule has 2 fully saturated rings. The predicted molar refractivity (Wildman–Crippen MR) is 101 cm³/mol. The number of hydrogen-bond donors (Lipinski definition) is 4. The Morgan fingerprint density at radius 3 is 2.89 bits per heavy atom. The predicted octanol–water partition coefficient (Wildman–Crippen LogP) is -0.348. The molecule has 3 heterocycles. The average molecular weight is 386 g/mol. The number of amides is 3. The molecule has 0 aliphatic carbocycles. The van der Waals surface area contributed by atoms with Crippen molar-refractivity contribution >= 4 is 17.7 Å². The molecule has 3 aliphatic heterocycles. The Bertz CT molecular complexity index is 803. The summed E-state index contributed by atoms with van der Waals surface area (Å²) >= 11 is 0. The van der Waals surface area contributed by atoms with Crippen LogP contribution in [0.2, 0.25) is 0 Å². The Kier molecular flexibility index (Phi) is 5.18. The van der Waals surface area contributed by atoms with Crippen molar-refractivity contribution in [1.29, 1.82) is 0 Å². The summed E-state index contributed by atoms with van der Waals surface area (Å²) in [5.41, 5.74) is 1.81. The molecule has 4 N–H and O–H groups in total. The van der Waals surface area contributed by atoms with E-state index in [1.54, 1.807) is 4.90 Å². The smallest absolute Gasteiger partial charge is 0.255 e. The minimum atomic E-state index is -0.649. The van der Waals surface area contributed by atoms with Crippen molar-refractivity contribution in [2.45, 2.75) is 50.4 Å². The summed E-state index contributed by atoms with van der Waals surface area (Å²) in [5.74, 6) is -0.828. The molecule has 28 heavy (non-hydrogen) atoms. The van der Waals surface area contributed by atoms with Gasteiger partial charge in [0.25, 0.3) is 5.91 Å². The second-order valence-electron chi connectivity index (χ2n) is 7.93. The number of fused-ring (bicyclic) bond motifs is 1. The number of rotatable bonds is 6. The second kappa shape index (κ2) is 7.62. The molecule has 1 aromatic rings. The van der Waals surface area contributed by atoms with Gasteiger partial charge in [0.1, 0.15) is 6.04 Å². The van der Waals surface area contributed by atoms with Crippen LogP contribution in [0.15, 0.2) is 18.2 Å². The molecule has 3 aliphatic rings. The Morgan fingerprint density at radius 1 is 1.29 bits per heavy atom. The van der Waals surface area contributed by atoms with Crippen molar-refractivity contribution in [1.82, 2.24) is 20.9 Å². The topological polar surface area (TPSA) is 111 Å².